The van der Waals surface area contributed by atoms with E-state index in [1.54, 1.807) is 17.8 Å². The Morgan fingerprint density at radius 3 is 3.14 bits per heavy atom. The van der Waals surface area contributed by atoms with Crippen molar-refractivity contribution in [2.75, 3.05) is 5.75 Å². The van der Waals surface area contributed by atoms with Crippen molar-refractivity contribution in [3.8, 4) is 0 Å². The molecular weight excluding hydrogens is 200 g/mol. The smallest absolute Gasteiger partial charge is 0.268 e. The molecule has 0 spiro atoms. The molecule has 0 aromatic carbocycles. The summed E-state index contributed by atoms with van der Waals surface area (Å²) < 4.78 is 5.20. The first kappa shape index (κ1) is 11.1. The maximum Gasteiger partial charge on any atom is 0.268 e. The van der Waals surface area contributed by atoms with Gasteiger partial charge in [-0.3, -0.25) is 10.2 Å². The second kappa shape index (κ2) is 5.72. The normalized spacial score (nSPS) is 10.1. The summed E-state index contributed by atoms with van der Waals surface area (Å²) in [6.07, 6.45) is 2.62. The molecule has 3 N–H and O–H groups in total. The van der Waals surface area contributed by atoms with Crippen LogP contribution in [0.2, 0.25) is 0 Å². The van der Waals surface area contributed by atoms with Crippen LogP contribution in [-0.2, 0) is 5.75 Å². The number of carbonyl (C=O) groups is 1. The number of carbonyl (C=O) groups excluding carboxylic acids is 1. The number of nitrogens with two attached hydrogens (primary N) is 1. The van der Waals surface area contributed by atoms with Gasteiger partial charge >= 0.3 is 0 Å². The van der Waals surface area contributed by atoms with Crippen LogP contribution in [0.15, 0.2) is 16.7 Å². The summed E-state index contributed by atoms with van der Waals surface area (Å²) in [5, 5.41) is 0. The highest BCUT2D eigenvalue weighted by Gasteiger charge is 2.12. The molecule has 0 saturated heterocycles. The van der Waals surface area contributed by atoms with Crippen molar-refractivity contribution in [3.63, 3.8) is 0 Å². The van der Waals surface area contributed by atoms with Gasteiger partial charge in [0.1, 0.15) is 5.76 Å². The van der Waals surface area contributed by atoms with Crippen LogP contribution in [0, 0.1) is 0 Å². The number of hydrazine groups is 1. The Balaban J connectivity index is 2.58. The molecule has 1 rings (SSSR count). The number of nitrogen functional groups attached to an aromatic ring is 1. The van der Waals surface area contributed by atoms with Gasteiger partial charge in [-0.05, 0) is 18.2 Å². The molecule has 78 valence electrons. The fourth-order valence-electron chi connectivity index (χ4n) is 1.04. The van der Waals surface area contributed by atoms with Gasteiger partial charge in [0.15, 0.2) is 0 Å². The molecule has 4 nitrogen and oxygen atoms in total. The Labute approximate surface area is 87.2 Å². The lowest BCUT2D eigenvalue weighted by Crippen LogP contribution is -2.30. The Morgan fingerprint density at radius 1 is 1.71 bits per heavy atom. The van der Waals surface area contributed by atoms with E-state index in [1.807, 2.05) is 0 Å². The van der Waals surface area contributed by atoms with Gasteiger partial charge in [-0.1, -0.05) is 6.92 Å². The molecule has 0 bridgehead atoms. The molecule has 1 aromatic heterocycles. The highest BCUT2D eigenvalue weighted by atomic mass is 32.2. The summed E-state index contributed by atoms with van der Waals surface area (Å²) in [6, 6.07) is 1.63. The summed E-state index contributed by atoms with van der Waals surface area (Å²) in [5.74, 6) is 7.20. The number of rotatable bonds is 5. The first-order valence-corrected chi connectivity index (χ1v) is 5.60. The molecule has 0 atom stereocenters. The fraction of sp³-hybridized carbons (Fsp3) is 0.444. The van der Waals surface area contributed by atoms with Gasteiger partial charge in [0, 0.05) is 0 Å². The molecule has 0 aliphatic rings. The first-order valence-electron chi connectivity index (χ1n) is 4.44. The Kier molecular flexibility index (Phi) is 4.55. The number of thioether (sulfide) groups is 1. The van der Waals surface area contributed by atoms with Crippen molar-refractivity contribution in [2.45, 2.75) is 19.1 Å². The summed E-state index contributed by atoms with van der Waals surface area (Å²) in [7, 11) is 0. The molecule has 1 aromatic rings. The van der Waals surface area contributed by atoms with Crippen molar-refractivity contribution in [1.29, 1.82) is 0 Å². The average molecular weight is 214 g/mol. The summed E-state index contributed by atoms with van der Waals surface area (Å²) in [5.41, 5.74) is 2.61. The summed E-state index contributed by atoms with van der Waals surface area (Å²) in [6.45, 7) is 2.11. The molecule has 5 heteroatoms. The second-order valence-corrected chi connectivity index (χ2v) is 3.89. The van der Waals surface area contributed by atoms with Crippen LogP contribution in [0.25, 0.3) is 0 Å². The van der Waals surface area contributed by atoms with Crippen LogP contribution in [0.5, 0.6) is 0 Å². The largest absolute Gasteiger partial charge is 0.468 e. The van der Waals surface area contributed by atoms with Crippen LogP contribution in [0.3, 0.4) is 0 Å². The third-order valence-electron chi connectivity index (χ3n) is 1.70. The lowest BCUT2D eigenvalue weighted by atomic mass is 10.2. The van der Waals surface area contributed by atoms with Gasteiger partial charge in [0.25, 0.3) is 5.91 Å². The van der Waals surface area contributed by atoms with E-state index in [0.717, 1.165) is 12.2 Å². The highest BCUT2D eigenvalue weighted by Crippen LogP contribution is 2.18. The van der Waals surface area contributed by atoms with Crippen LogP contribution in [0.1, 0.15) is 29.5 Å². The Hall–Kier alpha value is -0.940. The zero-order valence-corrected chi connectivity index (χ0v) is 8.89. The number of furan rings is 1. The van der Waals surface area contributed by atoms with Gasteiger partial charge in [-0.15, -0.1) is 0 Å². The van der Waals surface area contributed by atoms with Gasteiger partial charge in [0.05, 0.1) is 17.6 Å². The van der Waals surface area contributed by atoms with E-state index in [4.69, 9.17) is 10.3 Å². The van der Waals surface area contributed by atoms with Gasteiger partial charge in [0.2, 0.25) is 0 Å². The Bertz CT molecular complexity index is 299. The maximum absolute atomic E-state index is 11.2. The van der Waals surface area contributed by atoms with Crippen molar-refractivity contribution >= 4 is 17.7 Å². The minimum Gasteiger partial charge on any atom is -0.468 e. The molecule has 1 amide bonds. The van der Waals surface area contributed by atoms with Crippen molar-refractivity contribution in [2.24, 2.45) is 5.84 Å². The monoisotopic (exact) mass is 214 g/mol. The number of hydrogen-bond acceptors (Lipinski definition) is 4. The van der Waals surface area contributed by atoms with E-state index in [1.165, 1.54) is 6.26 Å². The van der Waals surface area contributed by atoms with Crippen LogP contribution >= 0.6 is 11.8 Å². The number of hydrogen-bond donors (Lipinski definition) is 2. The van der Waals surface area contributed by atoms with Crippen molar-refractivity contribution in [3.05, 3.63) is 23.7 Å². The number of amides is 1. The fourth-order valence-corrected chi connectivity index (χ4v) is 1.88. The number of nitrogens with one attached hydrogen (secondary N) is 1. The molecule has 1 heterocycles. The van der Waals surface area contributed by atoms with Crippen LogP contribution in [0.4, 0.5) is 0 Å². The molecule has 0 unspecified atom stereocenters. The quantitative estimate of drug-likeness (QED) is 0.337. The highest BCUT2D eigenvalue weighted by molar-refractivity contribution is 7.98. The third kappa shape index (κ3) is 2.78. The lowest BCUT2D eigenvalue weighted by Gasteiger charge is -2.00. The van der Waals surface area contributed by atoms with Crippen LogP contribution < -0.4 is 11.3 Å². The van der Waals surface area contributed by atoms with E-state index in [9.17, 15) is 4.79 Å². The second-order valence-electron chi connectivity index (χ2n) is 2.78. The van der Waals surface area contributed by atoms with E-state index >= 15 is 0 Å². The van der Waals surface area contributed by atoms with E-state index in [2.05, 4.69) is 12.3 Å². The first-order chi connectivity index (χ1) is 6.79. The molecule has 0 fully saturated rings. The van der Waals surface area contributed by atoms with Gasteiger partial charge in [-0.25, -0.2) is 5.84 Å². The van der Waals surface area contributed by atoms with Crippen molar-refractivity contribution in [1.82, 2.24) is 5.43 Å². The standard InChI is InChI=1S/C9H14N2O2S/c1-2-5-14-6-8-7(3-4-13-8)9(12)11-10/h3-4H,2,5-6,10H2,1H3,(H,11,12). The van der Waals surface area contributed by atoms with Gasteiger partial charge in [-0.2, -0.15) is 11.8 Å². The summed E-state index contributed by atoms with van der Waals surface area (Å²) >= 11 is 1.74. The topological polar surface area (TPSA) is 68.3 Å². The third-order valence-corrected chi connectivity index (χ3v) is 2.87. The lowest BCUT2D eigenvalue weighted by molar-refractivity contribution is 0.0952. The molecule has 0 aliphatic carbocycles. The van der Waals surface area contributed by atoms with Crippen LogP contribution in [-0.4, -0.2) is 11.7 Å². The predicted octanol–water partition coefficient (Wildman–Crippen LogP) is 1.53. The van der Waals surface area contributed by atoms with Crippen molar-refractivity contribution < 1.29 is 9.21 Å². The average Bonchev–Trinajstić information content (AvgIpc) is 2.65. The molecule has 0 saturated carbocycles. The molecule has 0 aliphatic heterocycles. The minimum absolute atomic E-state index is 0.300. The SMILES string of the molecule is CCCSCc1occc1C(=O)NN. The Morgan fingerprint density at radius 2 is 2.50 bits per heavy atom. The predicted molar refractivity (Wildman–Crippen MR) is 56.8 cm³/mol. The minimum atomic E-state index is -0.300. The van der Waals surface area contributed by atoms with E-state index in [0.29, 0.717) is 17.1 Å². The van der Waals surface area contributed by atoms with E-state index in [-0.39, 0.29) is 5.91 Å². The zero-order valence-electron chi connectivity index (χ0n) is 8.08. The molecule has 0 radical (unpaired) electrons. The summed E-state index contributed by atoms with van der Waals surface area (Å²) in [4.78, 5) is 11.2. The molecule has 14 heavy (non-hydrogen) atoms. The van der Waals surface area contributed by atoms with E-state index < -0.39 is 0 Å². The zero-order chi connectivity index (χ0) is 10.4. The maximum atomic E-state index is 11.2. The molecular formula is C9H14N2O2S. The van der Waals surface area contributed by atoms with Gasteiger partial charge < -0.3 is 4.42 Å².